The molecule has 0 fully saturated rings. The average Bonchev–Trinajstić information content (AvgIpc) is 3.56. The predicted molar refractivity (Wildman–Crippen MR) is 206 cm³/mol. The summed E-state index contributed by atoms with van der Waals surface area (Å²) in [4.78, 5) is 69.0. The van der Waals surface area contributed by atoms with Crippen LogP contribution < -0.4 is 0 Å². The van der Waals surface area contributed by atoms with Gasteiger partial charge < -0.3 is 23.9 Å². The molecule has 2 amide bonds. The number of H-pyrrole nitrogens is 1. The highest BCUT2D eigenvalue weighted by Gasteiger charge is 2.69. The van der Waals surface area contributed by atoms with E-state index in [1.54, 1.807) is 94.5 Å². The molecule has 13 nitrogen and oxygen atoms in total. The van der Waals surface area contributed by atoms with Gasteiger partial charge in [0, 0.05) is 18.2 Å². The van der Waals surface area contributed by atoms with Crippen LogP contribution >= 0.6 is 0 Å². The molecule has 302 valence electrons. The number of carbonyl (C=O) groups excluding carboxylic acids is 5. The van der Waals surface area contributed by atoms with Crippen molar-refractivity contribution in [1.82, 2.24) is 9.88 Å². The van der Waals surface area contributed by atoms with E-state index < -0.39 is 61.4 Å². The minimum Gasteiger partial charge on any atom is -0.461 e. The predicted octanol–water partition coefficient (Wildman–Crippen LogP) is 7.26. The number of imide groups is 1. The number of carbonyl (C=O) groups is 5. The molecule has 1 aliphatic rings. The van der Waals surface area contributed by atoms with Gasteiger partial charge in [0.25, 0.3) is 10.8 Å². The zero-order valence-electron chi connectivity index (χ0n) is 34.0. The van der Waals surface area contributed by atoms with E-state index >= 15 is 8.42 Å². The Kier molecular flexibility index (Phi) is 13.8. The number of amides is 2. The van der Waals surface area contributed by atoms with Gasteiger partial charge in [-0.3, -0.25) is 9.59 Å². The van der Waals surface area contributed by atoms with E-state index in [4.69, 9.17) is 18.9 Å². The second-order valence-electron chi connectivity index (χ2n) is 16.4. The van der Waals surface area contributed by atoms with Crippen LogP contribution in [0.1, 0.15) is 122 Å². The summed E-state index contributed by atoms with van der Waals surface area (Å²) in [6.45, 7) is 21.5. The van der Waals surface area contributed by atoms with Crippen molar-refractivity contribution in [3.63, 3.8) is 0 Å². The Morgan fingerprint density at radius 3 is 1.98 bits per heavy atom. The highest BCUT2D eigenvalue weighted by Crippen LogP contribution is 2.48. The Hall–Kier alpha value is -4.72. The van der Waals surface area contributed by atoms with Crippen LogP contribution in [0.25, 0.3) is 0 Å². The van der Waals surface area contributed by atoms with Gasteiger partial charge in [0.15, 0.2) is 0 Å². The Bertz CT molecular complexity index is 1940. The fourth-order valence-electron chi connectivity index (χ4n) is 6.21. The molecule has 0 saturated heterocycles. The minimum absolute atomic E-state index is 0.0214. The summed E-state index contributed by atoms with van der Waals surface area (Å²) >= 11 is 0. The average molecular weight is 785 g/mol. The van der Waals surface area contributed by atoms with Crippen LogP contribution in [0.3, 0.4) is 0 Å². The van der Waals surface area contributed by atoms with Gasteiger partial charge in [-0.1, -0.05) is 37.3 Å². The van der Waals surface area contributed by atoms with Gasteiger partial charge in [0.2, 0.25) is 9.84 Å². The zero-order valence-corrected chi connectivity index (χ0v) is 34.8. The third-order valence-electron chi connectivity index (χ3n) is 8.37. The first kappa shape index (κ1) is 44.7. The summed E-state index contributed by atoms with van der Waals surface area (Å²) in [6, 6.07) is 5.75. The van der Waals surface area contributed by atoms with Crippen LogP contribution in [-0.4, -0.2) is 76.5 Å². The topological polar surface area (TPSA) is 175 Å². The van der Waals surface area contributed by atoms with Gasteiger partial charge >= 0.3 is 24.0 Å². The van der Waals surface area contributed by atoms with Gasteiger partial charge in [-0.25, -0.2) is 27.7 Å². The lowest BCUT2D eigenvalue weighted by atomic mass is 9.94. The SMILES string of the molecule is C=CCOC(=O)CCc1c(CCCC2=C(CC)C(=O)N(C(=O)OC(C)(C)C)C2(C(=O)OC(C)(C)C)S(=O)(=O)c2ccc(C)cc2)c[nH]c1C(=O)OC(C)(C)C. The van der Waals surface area contributed by atoms with Gasteiger partial charge in [0.05, 0.1) is 4.90 Å². The summed E-state index contributed by atoms with van der Waals surface area (Å²) in [7, 11) is -4.97. The smallest absolute Gasteiger partial charge is 0.419 e. The number of aromatic nitrogens is 1. The van der Waals surface area contributed by atoms with E-state index in [1.807, 2.05) is 0 Å². The molecule has 1 aliphatic heterocycles. The number of esters is 3. The molecule has 0 aliphatic carbocycles. The van der Waals surface area contributed by atoms with Crippen molar-refractivity contribution in [2.45, 2.75) is 141 Å². The molecule has 14 heteroatoms. The minimum atomic E-state index is -4.97. The van der Waals surface area contributed by atoms with Crippen molar-refractivity contribution >= 4 is 39.7 Å². The molecule has 55 heavy (non-hydrogen) atoms. The van der Waals surface area contributed by atoms with Crippen molar-refractivity contribution in [3.05, 3.63) is 76.6 Å². The number of nitrogens with zero attached hydrogens (tertiary/aromatic N) is 1. The normalized spacial score (nSPS) is 16.6. The first-order chi connectivity index (χ1) is 25.3. The maximum Gasteiger partial charge on any atom is 0.419 e. The monoisotopic (exact) mass is 784 g/mol. The van der Waals surface area contributed by atoms with Crippen molar-refractivity contribution in [1.29, 1.82) is 0 Å². The van der Waals surface area contributed by atoms with Crippen LogP contribution in [0.5, 0.6) is 0 Å². The first-order valence-corrected chi connectivity index (χ1v) is 19.8. The van der Waals surface area contributed by atoms with E-state index in [9.17, 15) is 24.0 Å². The largest absolute Gasteiger partial charge is 0.461 e. The number of benzene rings is 1. The molecule has 1 N–H and O–H groups in total. The molecule has 0 radical (unpaired) electrons. The molecule has 0 saturated carbocycles. The zero-order chi connectivity index (χ0) is 41.7. The van der Waals surface area contributed by atoms with Gasteiger partial charge in [0.1, 0.15) is 29.1 Å². The summed E-state index contributed by atoms with van der Waals surface area (Å²) in [5, 5.41) is 0. The molecular weight excluding hydrogens is 729 g/mol. The Morgan fingerprint density at radius 2 is 1.45 bits per heavy atom. The number of sulfone groups is 1. The van der Waals surface area contributed by atoms with Crippen molar-refractivity contribution < 1.29 is 51.3 Å². The van der Waals surface area contributed by atoms with Gasteiger partial charge in [-0.15, -0.1) is 0 Å². The molecule has 1 aromatic carbocycles. The Labute approximate surface area is 324 Å². The van der Waals surface area contributed by atoms with Crippen LogP contribution in [-0.2, 0) is 56.0 Å². The number of nitrogens with one attached hydrogen (secondary N) is 1. The van der Waals surface area contributed by atoms with Gasteiger partial charge in [-0.05, 0) is 130 Å². The third-order valence-corrected chi connectivity index (χ3v) is 10.6. The van der Waals surface area contributed by atoms with E-state index in [1.165, 1.54) is 18.2 Å². The summed E-state index contributed by atoms with van der Waals surface area (Å²) in [5.41, 5.74) is -1.37. The number of hydrogen-bond donors (Lipinski definition) is 1. The van der Waals surface area contributed by atoms with E-state index in [-0.39, 0.29) is 66.9 Å². The molecule has 0 spiro atoms. The number of aryl methyl sites for hydroxylation is 2. The van der Waals surface area contributed by atoms with Crippen LogP contribution in [0.2, 0.25) is 0 Å². The Balaban J connectivity index is 2.24. The molecule has 1 unspecified atom stereocenters. The maximum atomic E-state index is 15.2. The van der Waals surface area contributed by atoms with E-state index in [0.29, 0.717) is 16.0 Å². The van der Waals surface area contributed by atoms with Crippen LogP contribution in [0.15, 0.2) is 59.2 Å². The summed E-state index contributed by atoms with van der Waals surface area (Å²) < 4.78 is 52.5. The molecule has 2 heterocycles. The third kappa shape index (κ3) is 10.3. The molecule has 1 atom stereocenters. The van der Waals surface area contributed by atoms with E-state index in [0.717, 1.165) is 5.56 Å². The van der Waals surface area contributed by atoms with E-state index in [2.05, 4.69) is 11.6 Å². The molecule has 2 aromatic rings. The first-order valence-electron chi connectivity index (χ1n) is 18.3. The second kappa shape index (κ2) is 17.0. The molecule has 1 aromatic heterocycles. The summed E-state index contributed by atoms with van der Waals surface area (Å²) in [5.74, 6) is -3.45. The molecule has 3 rings (SSSR count). The molecule has 0 bridgehead atoms. The quantitative estimate of drug-likeness (QED) is 0.116. The van der Waals surface area contributed by atoms with Crippen molar-refractivity contribution in [2.75, 3.05) is 6.61 Å². The standard InChI is InChI=1S/C41H56N2O11S/c1-13-24-51-32(44)23-22-30-27(25-42-33(30)35(46)52-38(4,5)6)16-15-17-31-29(14-2)34(45)43(37(48)54-40(10,11)12)41(31,36(47)53-39(7,8)9)55(49,50)28-20-18-26(3)19-21-28/h13,18-21,25,42H,1,14-17,22-24H2,2-12H3. The lowest BCUT2D eigenvalue weighted by molar-refractivity contribution is -0.163. The van der Waals surface area contributed by atoms with Crippen LogP contribution in [0.4, 0.5) is 4.79 Å². The second-order valence-corrected chi connectivity index (χ2v) is 18.5. The van der Waals surface area contributed by atoms with Crippen molar-refractivity contribution in [3.8, 4) is 0 Å². The maximum absolute atomic E-state index is 15.2. The number of rotatable bonds is 14. The lowest BCUT2D eigenvalue weighted by Crippen LogP contribution is -2.63. The highest BCUT2D eigenvalue weighted by molar-refractivity contribution is 7.94. The van der Waals surface area contributed by atoms with Gasteiger partial charge in [-0.2, -0.15) is 0 Å². The lowest BCUT2D eigenvalue weighted by Gasteiger charge is -2.38. The Morgan fingerprint density at radius 1 is 0.873 bits per heavy atom. The highest BCUT2D eigenvalue weighted by atomic mass is 32.2. The fourth-order valence-corrected chi connectivity index (χ4v) is 8.26. The fraction of sp³-hybridized carbons (Fsp3) is 0.537. The number of hydrogen-bond acceptors (Lipinski definition) is 11. The summed E-state index contributed by atoms with van der Waals surface area (Å²) in [6.07, 6.45) is 1.94. The molecular formula is C41H56N2O11S. The van der Waals surface area contributed by atoms with Crippen molar-refractivity contribution in [2.24, 2.45) is 0 Å². The van der Waals surface area contributed by atoms with Crippen LogP contribution in [0, 0.1) is 6.92 Å². The number of ether oxygens (including phenoxy) is 4. The number of aromatic amines is 1.